The highest BCUT2D eigenvalue weighted by Gasteiger charge is 2.18. The van der Waals surface area contributed by atoms with Crippen molar-refractivity contribution in [1.82, 2.24) is 29.3 Å². The van der Waals surface area contributed by atoms with E-state index in [4.69, 9.17) is 5.11 Å². The number of aromatic amines is 1. The first-order valence-electron chi connectivity index (χ1n) is 8.54. The van der Waals surface area contributed by atoms with Crippen LogP contribution in [0.5, 0.6) is 0 Å². The Kier molecular flexibility index (Phi) is 4.42. The number of rotatable bonds is 5. The Morgan fingerprint density at radius 2 is 2.21 bits per heavy atom. The molecule has 0 spiro atoms. The van der Waals surface area contributed by atoms with Gasteiger partial charge < -0.3 is 9.67 Å². The van der Waals surface area contributed by atoms with Gasteiger partial charge >= 0.3 is 5.97 Å². The summed E-state index contributed by atoms with van der Waals surface area (Å²) in [5.74, 6) is -1.09. The van der Waals surface area contributed by atoms with E-state index in [9.17, 15) is 18.0 Å². The van der Waals surface area contributed by atoms with Crippen LogP contribution in [0.4, 0.5) is 0 Å². The Morgan fingerprint density at radius 1 is 1.41 bits per heavy atom. The molecular weight excluding hydrogens is 400 g/mol. The molecule has 0 aliphatic heterocycles. The van der Waals surface area contributed by atoms with Crippen LogP contribution in [0, 0.1) is 5.92 Å². The Labute approximate surface area is 163 Å². The highest BCUT2D eigenvalue weighted by Crippen LogP contribution is 2.22. The fourth-order valence-corrected chi connectivity index (χ4v) is 3.80. The SMILES string of the molecule is CS(=O)(=O)C1=CCC(Cn2cnc3nc(-n4cc(C(=O)O)cn4)[nH]c(=O)c32)C=C1. The van der Waals surface area contributed by atoms with Gasteiger partial charge in [0.25, 0.3) is 5.56 Å². The number of allylic oxidation sites excluding steroid dienone is 3. The number of aromatic carboxylic acids is 1. The van der Waals surface area contributed by atoms with Gasteiger partial charge in [0.2, 0.25) is 5.95 Å². The number of carbonyl (C=O) groups is 1. The molecule has 1 atom stereocenters. The number of aromatic nitrogens is 6. The zero-order chi connectivity index (χ0) is 20.8. The lowest BCUT2D eigenvalue weighted by Gasteiger charge is -2.16. The summed E-state index contributed by atoms with van der Waals surface area (Å²) in [5, 5.41) is 12.9. The van der Waals surface area contributed by atoms with Gasteiger partial charge in [-0.3, -0.25) is 9.78 Å². The molecule has 2 N–H and O–H groups in total. The molecule has 3 aromatic heterocycles. The second kappa shape index (κ2) is 6.81. The van der Waals surface area contributed by atoms with E-state index < -0.39 is 21.4 Å². The molecule has 0 radical (unpaired) electrons. The smallest absolute Gasteiger partial charge is 0.338 e. The quantitative estimate of drug-likeness (QED) is 0.610. The van der Waals surface area contributed by atoms with E-state index in [1.807, 2.05) is 0 Å². The van der Waals surface area contributed by atoms with E-state index in [2.05, 4.69) is 20.1 Å². The predicted molar refractivity (Wildman–Crippen MR) is 102 cm³/mol. The maximum Gasteiger partial charge on any atom is 0.338 e. The minimum absolute atomic E-state index is 0.00113. The molecule has 0 fully saturated rings. The minimum atomic E-state index is -3.24. The van der Waals surface area contributed by atoms with Gasteiger partial charge in [0.1, 0.15) is 0 Å². The van der Waals surface area contributed by atoms with Gasteiger partial charge in [0, 0.05) is 19.0 Å². The van der Waals surface area contributed by atoms with Crippen molar-refractivity contribution >= 4 is 27.0 Å². The predicted octanol–water partition coefficient (Wildman–Crippen LogP) is 0.508. The van der Waals surface area contributed by atoms with Gasteiger partial charge in [0.05, 0.1) is 23.0 Å². The first-order valence-corrected chi connectivity index (χ1v) is 10.4. The highest BCUT2D eigenvalue weighted by molar-refractivity contribution is 7.94. The number of imidazole rings is 1. The summed E-state index contributed by atoms with van der Waals surface area (Å²) in [6.45, 7) is 0.426. The van der Waals surface area contributed by atoms with Crippen LogP contribution in [0.1, 0.15) is 16.8 Å². The molecule has 29 heavy (non-hydrogen) atoms. The monoisotopic (exact) mass is 416 g/mol. The van der Waals surface area contributed by atoms with E-state index in [1.54, 1.807) is 22.8 Å². The number of H-pyrrole nitrogens is 1. The molecule has 150 valence electrons. The van der Waals surface area contributed by atoms with E-state index in [1.165, 1.54) is 12.5 Å². The van der Waals surface area contributed by atoms with Crippen molar-refractivity contribution in [2.75, 3.05) is 6.26 Å². The number of hydrogen-bond acceptors (Lipinski definition) is 7. The van der Waals surface area contributed by atoms with Crippen molar-refractivity contribution in [3.8, 4) is 5.95 Å². The Balaban J connectivity index is 1.62. The topological polar surface area (TPSA) is 153 Å². The van der Waals surface area contributed by atoms with E-state index in [0.717, 1.165) is 17.1 Å². The van der Waals surface area contributed by atoms with Crippen LogP contribution in [-0.2, 0) is 16.4 Å². The Morgan fingerprint density at radius 3 is 2.83 bits per heavy atom. The molecule has 0 amide bonds. The molecule has 11 nitrogen and oxygen atoms in total. The number of carboxylic acid groups (broad SMARTS) is 1. The summed E-state index contributed by atoms with van der Waals surface area (Å²) in [6.07, 6.45) is 10.6. The molecule has 1 aliphatic rings. The van der Waals surface area contributed by atoms with Gasteiger partial charge in [-0.2, -0.15) is 10.1 Å². The molecule has 0 bridgehead atoms. The van der Waals surface area contributed by atoms with Gasteiger partial charge in [-0.1, -0.05) is 12.2 Å². The molecule has 12 heteroatoms. The lowest BCUT2D eigenvalue weighted by Crippen LogP contribution is -2.18. The highest BCUT2D eigenvalue weighted by atomic mass is 32.2. The fourth-order valence-electron chi connectivity index (χ4n) is 3.08. The largest absolute Gasteiger partial charge is 0.478 e. The fraction of sp³-hybridized carbons (Fsp3) is 0.235. The summed E-state index contributed by atoms with van der Waals surface area (Å²) in [7, 11) is -3.24. The lowest BCUT2D eigenvalue weighted by atomic mass is 10.0. The third kappa shape index (κ3) is 3.61. The van der Waals surface area contributed by atoms with Crippen molar-refractivity contribution in [3.05, 3.63) is 57.8 Å². The van der Waals surface area contributed by atoms with Crippen LogP contribution >= 0.6 is 0 Å². The Bertz CT molecular complexity index is 1340. The Hall–Kier alpha value is -3.54. The maximum absolute atomic E-state index is 12.6. The first-order chi connectivity index (χ1) is 13.7. The summed E-state index contributed by atoms with van der Waals surface area (Å²) >= 11 is 0. The molecule has 0 saturated heterocycles. The number of hydrogen-bond donors (Lipinski definition) is 2. The second-order valence-electron chi connectivity index (χ2n) is 6.67. The van der Waals surface area contributed by atoms with E-state index >= 15 is 0 Å². The molecule has 4 rings (SSSR count). The van der Waals surface area contributed by atoms with Crippen LogP contribution in [0.25, 0.3) is 17.1 Å². The molecule has 3 aromatic rings. The second-order valence-corrected chi connectivity index (χ2v) is 8.69. The van der Waals surface area contributed by atoms with Crippen LogP contribution in [0.15, 0.2) is 46.6 Å². The van der Waals surface area contributed by atoms with Crippen molar-refractivity contribution in [1.29, 1.82) is 0 Å². The summed E-state index contributed by atoms with van der Waals surface area (Å²) in [4.78, 5) is 34.9. The molecule has 3 heterocycles. The molecule has 0 aromatic carbocycles. The first kappa shape index (κ1) is 18.8. The number of nitrogens with one attached hydrogen (secondary N) is 1. The van der Waals surface area contributed by atoms with Crippen LogP contribution < -0.4 is 5.56 Å². The zero-order valence-electron chi connectivity index (χ0n) is 15.2. The number of sulfone groups is 1. The van der Waals surface area contributed by atoms with Crippen molar-refractivity contribution in [2.24, 2.45) is 5.92 Å². The maximum atomic E-state index is 12.6. The van der Waals surface area contributed by atoms with Gasteiger partial charge in [-0.15, -0.1) is 0 Å². The number of fused-ring (bicyclic) bond motifs is 1. The molecular formula is C17H16N6O5S. The lowest BCUT2D eigenvalue weighted by molar-refractivity contribution is 0.0697. The molecule has 1 unspecified atom stereocenters. The van der Waals surface area contributed by atoms with Gasteiger partial charge in [-0.05, 0) is 18.4 Å². The summed E-state index contributed by atoms with van der Waals surface area (Å²) in [5.41, 5.74) is -0.0140. The van der Waals surface area contributed by atoms with Crippen molar-refractivity contribution < 1.29 is 18.3 Å². The normalized spacial score (nSPS) is 16.9. The van der Waals surface area contributed by atoms with Crippen LogP contribution in [0.2, 0.25) is 0 Å². The number of nitrogens with zero attached hydrogens (tertiary/aromatic N) is 5. The standard InChI is InChI=1S/C17H16N6O5S/c1-29(27,28)12-4-2-10(3-5-12)7-22-9-18-14-13(22)15(24)21-17(20-14)23-8-11(6-19-23)16(25)26/h2,4-6,8-10H,3,7H2,1H3,(H,25,26)(H,20,21,24). The van der Waals surface area contributed by atoms with Crippen LogP contribution in [0.3, 0.4) is 0 Å². The zero-order valence-corrected chi connectivity index (χ0v) is 16.0. The van der Waals surface area contributed by atoms with Gasteiger partial charge in [0.15, 0.2) is 21.0 Å². The van der Waals surface area contributed by atoms with E-state index in [0.29, 0.717) is 13.0 Å². The molecule has 0 saturated carbocycles. The third-order valence-corrected chi connectivity index (χ3v) is 5.69. The van der Waals surface area contributed by atoms with Crippen molar-refractivity contribution in [2.45, 2.75) is 13.0 Å². The van der Waals surface area contributed by atoms with Crippen molar-refractivity contribution in [3.63, 3.8) is 0 Å². The third-order valence-electron chi connectivity index (χ3n) is 4.53. The number of carboxylic acids is 1. The summed E-state index contributed by atoms with van der Waals surface area (Å²) < 4.78 is 26.0. The summed E-state index contributed by atoms with van der Waals surface area (Å²) in [6, 6.07) is 0. The van der Waals surface area contributed by atoms with E-state index in [-0.39, 0.29) is 33.5 Å². The van der Waals surface area contributed by atoms with Gasteiger partial charge in [-0.25, -0.2) is 22.9 Å². The average molecular weight is 416 g/mol. The van der Waals surface area contributed by atoms with Crippen LogP contribution in [-0.4, -0.2) is 55.0 Å². The minimum Gasteiger partial charge on any atom is -0.478 e. The average Bonchev–Trinajstić information content (AvgIpc) is 3.29. The molecule has 1 aliphatic carbocycles.